The van der Waals surface area contributed by atoms with Crippen LogP contribution in [0.5, 0.6) is 11.5 Å². The number of Topliss-reactive ketones (excluding diaryl/α,β-unsaturated/α-hetero) is 1. The fraction of sp³-hybridized carbons (Fsp3) is 0.588. The van der Waals surface area contributed by atoms with Crippen LogP contribution in [0.1, 0.15) is 42.5 Å². The van der Waals surface area contributed by atoms with E-state index < -0.39 is 9.84 Å². The molecule has 2 atom stereocenters. The Bertz CT molecular complexity index is 719. The molecule has 6 heteroatoms. The summed E-state index contributed by atoms with van der Waals surface area (Å²) in [5.74, 6) is 1.10. The van der Waals surface area contributed by atoms with Crippen LogP contribution in [0.15, 0.2) is 18.2 Å². The van der Waals surface area contributed by atoms with Gasteiger partial charge < -0.3 is 9.47 Å². The number of fused-ring (bicyclic) bond motifs is 3. The number of ketones is 1. The molecule has 0 amide bonds. The maximum Gasteiger partial charge on any atom is 0.166 e. The van der Waals surface area contributed by atoms with Gasteiger partial charge in [0.15, 0.2) is 27.1 Å². The summed E-state index contributed by atoms with van der Waals surface area (Å²) < 4.78 is 35.7. The molecule has 124 valence electrons. The van der Waals surface area contributed by atoms with Gasteiger partial charge >= 0.3 is 0 Å². The molecule has 3 heterocycles. The minimum atomic E-state index is -3.03. The van der Waals surface area contributed by atoms with Gasteiger partial charge in [0.1, 0.15) is 13.2 Å². The number of hydrogen-bond donors (Lipinski definition) is 0. The first-order chi connectivity index (χ1) is 11.1. The Kier molecular flexibility index (Phi) is 3.59. The van der Waals surface area contributed by atoms with Crippen molar-refractivity contribution in [2.45, 2.75) is 42.6 Å². The Morgan fingerprint density at radius 1 is 1.00 bits per heavy atom. The van der Waals surface area contributed by atoms with Crippen molar-refractivity contribution >= 4 is 15.6 Å². The molecule has 3 aliphatic rings. The predicted molar refractivity (Wildman–Crippen MR) is 84.8 cm³/mol. The van der Waals surface area contributed by atoms with Gasteiger partial charge in [-0.25, -0.2) is 8.42 Å². The molecule has 0 aromatic heterocycles. The Morgan fingerprint density at radius 2 is 1.65 bits per heavy atom. The van der Waals surface area contributed by atoms with Gasteiger partial charge in [0.25, 0.3) is 0 Å². The van der Waals surface area contributed by atoms with Gasteiger partial charge in [-0.15, -0.1) is 0 Å². The van der Waals surface area contributed by atoms with E-state index in [0.29, 0.717) is 56.0 Å². The third-order valence-corrected chi connectivity index (χ3v) is 7.99. The fourth-order valence-corrected chi connectivity index (χ4v) is 6.59. The number of sulfone groups is 1. The van der Waals surface area contributed by atoms with Crippen molar-refractivity contribution in [1.29, 1.82) is 0 Å². The van der Waals surface area contributed by atoms with Crippen molar-refractivity contribution in [3.05, 3.63) is 23.8 Å². The SMILES string of the molecule is O=C(c1ccc2c(c1)OCCO2)C1CC2CCCC(C1)S2(=O)=O. The molecule has 0 N–H and O–H groups in total. The fourth-order valence-electron chi connectivity index (χ4n) is 4.06. The van der Waals surface area contributed by atoms with Crippen LogP contribution < -0.4 is 9.47 Å². The molecule has 0 radical (unpaired) electrons. The highest BCUT2D eigenvalue weighted by atomic mass is 32.2. The van der Waals surface area contributed by atoms with Crippen LogP contribution in [-0.4, -0.2) is 37.9 Å². The summed E-state index contributed by atoms with van der Waals surface area (Å²) in [5, 5.41) is -0.665. The zero-order valence-electron chi connectivity index (χ0n) is 12.9. The van der Waals surface area contributed by atoms with Crippen LogP contribution in [0.25, 0.3) is 0 Å². The maximum atomic E-state index is 12.8. The number of benzene rings is 1. The number of carbonyl (C=O) groups is 1. The van der Waals surface area contributed by atoms with E-state index in [9.17, 15) is 13.2 Å². The third kappa shape index (κ3) is 2.53. The van der Waals surface area contributed by atoms with Crippen LogP contribution in [0.4, 0.5) is 0 Å². The number of rotatable bonds is 2. The smallest absolute Gasteiger partial charge is 0.166 e. The summed E-state index contributed by atoms with van der Waals surface area (Å²) in [4.78, 5) is 12.8. The quantitative estimate of drug-likeness (QED) is 0.776. The van der Waals surface area contributed by atoms with Crippen molar-refractivity contribution in [3.63, 3.8) is 0 Å². The van der Waals surface area contributed by atoms with Gasteiger partial charge in [0.05, 0.1) is 10.5 Å². The second-order valence-corrected chi connectivity index (χ2v) is 9.17. The second kappa shape index (κ2) is 5.51. The van der Waals surface area contributed by atoms with Crippen LogP contribution in [0, 0.1) is 5.92 Å². The van der Waals surface area contributed by atoms with Crippen molar-refractivity contribution in [2.75, 3.05) is 13.2 Å². The molecular weight excluding hydrogens is 316 g/mol. The van der Waals surface area contributed by atoms with Crippen molar-refractivity contribution < 1.29 is 22.7 Å². The standard InChI is InChI=1S/C17H20O5S/c18-17(11-4-5-15-16(10-11)22-7-6-21-15)12-8-13-2-1-3-14(9-12)23(13,19)20/h4-5,10,12-14H,1-3,6-9H2. The predicted octanol–water partition coefficient (Wildman–Crippen LogP) is 2.39. The Labute approximate surface area is 135 Å². The lowest BCUT2D eigenvalue weighted by Gasteiger charge is -2.38. The van der Waals surface area contributed by atoms with E-state index in [1.165, 1.54) is 0 Å². The zero-order chi connectivity index (χ0) is 16.0. The lowest BCUT2D eigenvalue weighted by molar-refractivity contribution is 0.0892. The molecular formula is C17H20O5S. The van der Waals surface area contributed by atoms with Crippen molar-refractivity contribution in [2.24, 2.45) is 5.92 Å². The molecule has 0 aliphatic carbocycles. The Morgan fingerprint density at radius 3 is 2.35 bits per heavy atom. The molecule has 0 spiro atoms. The van der Waals surface area contributed by atoms with Gasteiger partial charge in [0, 0.05) is 11.5 Å². The first-order valence-corrected chi connectivity index (χ1v) is 9.83. The van der Waals surface area contributed by atoms with Gasteiger partial charge in [0.2, 0.25) is 0 Å². The van der Waals surface area contributed by atoms with E-state index in [1.807, 2.05) is 0 Å². The molecule has 23 heavy (non-hydrogen) atoms. The van der Waals surface area contributed by atoms with Crippen LogP contribution in [0.3, 0.4) is 0 Å². The van der Waals surface area contributed by atoms with Crippen LogP contribution in [0.2, 0.25) is 0 Å². The third-order valence-electron chi connectivity index (χ3n) is 5.27. The van der Waals surface area contributed by atoms with Crippen LogP contribution >= 0.6 is 0 Å². The van der Waals surface area contributed by atoms with E-state index in [4.69, 9.17) is 9.47 Å². The highest BCUT2D eigenvalue weighted by molar-refractivity contribution is 7.92. The van der Waals surface area contributed by atoms with Crippen LogP contribution in [-0.2, 0) is 9.84 Å². The van der Waals surface area contributed by atoms with Gasteiger partial charge in [-0.1, -0.05) is 6.42 Å². The first kappa shape index (κ1) is 15.0. The molecule has 0 saturated carbocycles. The molecule has 1 aromatic rings. The summed E-state index contributed by atoms with van der Waals surface area (Å²) in [7, 11) is -3.03. The summed E-state index contributed by atoms with van der Waals surface area (Å²) in [6.07, 6.45) is 3.28. The topological polar surface area (TPSA) is 69.7 Å². The summed E-state index contributed by atoms with van der Waals surface area (Å²) >= 11 is 0. The summed E-state index contributed by atoms with van der Waals surface area (Å²) in [5.41, 5.74) is 0.594. The highest BCUT2D eigenvalue weighted by Gasteiger charge is 2.46. The van der Waals surface area contributed by atoms with E-state index in [0.717, 1.165) is 6.42 Å². The minimum Gasteiger partial charge on any atom is -0.486 e. The maximum absolute atomic E-state index is 12.8. The monoisotopic (exact) mass is 336 g/mol. The Hall–Kier alpha value is -1.56. The lowest BCUT2D eigenvalue weighted by Crippen LogP contribution is -2.45. The summed E-state index contributed by atoms with van der Waals surface area (Å²) in [6, 6.07) is 5.26. The average Bonchev–Trinajstić information content (AvgIpc) is 2.53. The summed E-state index contributed by atoms with van der Waals surface area (Å²) in [6.45, 7) is 1.00. The van der Waals surface area contributed by atoms with E-state index in [-0.39, 0.29) is 22.2 Å². The number of carbonyl (C=O) groups excluding carboxylic acids is 1. The van der Waals surface area contributed by atoms with Crippen molar-refractivity contribution in [3.8, 4) is 11.5 Å². The lowest BCUT2D eigenvalue weighted by atomic mass is 9.84. The van der Waals surface area contributed by atoms with E-state index in [1.54, 1.807) is 18.2 Å². The largest absolute Gasteiger partial charge is 0.486 e. The first-order valence-electron chi connectivity index (χ1n) is 8.22. The zero-order valence-corrected chi connectivity index (χ0v) is 13.7. The highest BCUT2D eigenvalue weighted by Crippen LogP contribution is 2.41. The van der Waals surface area contributed by atoms with E-state index >= 15 is 0 Å². The molecule has 3 aliphatic heterocycles. The molecule has 2 unspecified atom stereocenters. The molecule has 5 nitrogen and oxygen atoms in total. The van der Waals surface area contributed by atoms with Crippen molar-refractivity contribution in [1.82, 2.24) is 0 Å². The molecule has 2 bridgehead atoms. The van der Waals surface area contributed by atoms with Gasteiger partial charge in [-0.2, -0.15) is 0 Å². The second-order valence-electron chi connectivity index (χ2n) is 6.65. The minimum absolute atomic E-state index is 0.0359. The number of hydrogen-bond acceptors (Lipinski definition) is 5. The normalized spacial score (nSPS) is 31.4. The molecule has 1 aromatic carbocycles. The average molecular weight is 336 g/mol. The molecule has 4 rings (SSSR count). The molecule has 2 saturated heterocycles. The van der Waals surface area contributed by atoms with Gasteiger partial charge in [-0.3, -0.25) is 4.79 Å². The van der Waals surface area contributed by atoms with Gasteiger partial charge in [-0.05, 0) is 43.9 Å². The van der Waals surface area contributed by atoms with E-state index in [2.05, 4.69) is 0 Å². The number of ether oxygens (including phenoxy) is 2. The molecule has 2 fully saturated rings. The Balaban J connectivity index is 1.58.